The molecule has 0 amide bonds. The molecule has 0 radical (unpaired) electrons. The average Bonchev–Trinajstić information content (AvgIpc) is 2.45. The maximum Gasteiger partial charge on any atom is 0.126 e. The molecule has 0 aliphatic carbocycles. The fourth-order valence-corrected chi connectivity index (χ4v) is 2.81. The summed E-state index contributed by atoms with van der Waals surface area (Å²) in [6, 6.07) is 6.21. The van der Waals surface area contributed by atoms with Crippen molar-refractivity contribution in [3.63, 3.8) is 0 Å². The molecule has 0 aromatic heterocycles. The minimum atomic E-state index is -0.549. The molecule has 1 heterocycles. The highest BCUT2D eigenvalue weighted by atomic mass is 79.9. The summed E-state index contributed by atoms with van der Waals surface area (Å²) in [6.07, 6.45) is -0.477. The van der Waals surface area contributed by atoms with Gasteiger partial charge in [0, 0.05) is 29.2 Å². The van der Waals surface area contributed by atoms with Crippen molar-refractivity contribution in [3.8, 4) is 5.75 Å². The number of morpholine rings is 1. The Bertz CT molecular complexity index is 465. The van der Waals surface area contributed by atoms with Gasteiger partial charge in [-0.1, -0.05) is 22.0 Å². The lowest BCUT2D eigenvalue weighted by molar-refractivity contribution is -0.0567. The summed E-state index contributed by atoms with van der Waals surface area (Å²) in [7, 11) is 0. The summed E-state index contributed by atoms with van der Waals surface area (Å²) in [6.45, 7) is 9.24. The molecular weight excluding hydrogens is 334 g/mol. The van der Waals surface area contributed by atoms with Gasteiger partial charge < -0.3 is 14.6 Å². The Balaban J connectivity index is 1.98. The Labute approximate surface area is 135 Å². The quantitative estimate of drug-likeness (QED) is 0.879. The third kappa shape index (κ3) is 4.68. The summed E-state index contributed by atoms with van der Waals surface area (Å²) in [5.41, 5.74) is 0.801. The van der Waals surface area contributed by atoms with E-state index in [4.69, 9.17) is 9.47 Å². The Morgan fingerprint density at radius 1 is 1.43 bits per heavy atom. The zero-order valence-corrected chi connectivity index (χ0v) is 14.5. The second kappa shape index (κ2) is 7.58. The van der Waals surface area contributed by atoms with Crippen LogP contribution in [0.15, 0.2) is 22.7 Å². The van der Waals surface area contributed by atoms with Crippen LogP contribution < -0.4 is 4.74 Å². The average molecular weight is 358 g/mol. The van der Waals surface area contributed by atoms with Gasteiger partial charge in [0.05, 0.1) is 12.7 Å². The number of hydrogen-bond acceptors (Lipinski definition) is 4. The van der Waals surface area contributed by atoms with Gasteiger partial charge in [0.15, 0.2) is 0 Å². The van der Waals surface area contributed by atoms with Crippen molar-refractivity contribution < 1.29 is 14.6 Å². The maximum atomic E-state index is 9.81. The largest absolute Gasteiger partial charge is 0.490 e. The van der Waals surface area contributed by atoms with E-state index in [0.717, 1.165) is 29.7 Å². The van der Waals surface area contributed by atoms with E-state index in [1.165, 1.54) is 0 Å². The van der Waals surface area contributed by atoms with Crippen molar-refractivity contribution in [1.29, 1.82) is 0 Å². The van der Waals surface area contributed by atoms with E-state index < -0.39 is 6.10 Å². The van der Waals surface area contributed by atoms with E-state index >= 15 is 0 Å². The summed E-state index contributed by atoms with van der Waals surface area (Å²) in [5, 5.41) is 9.81. The number of aliphatic hydroxyl groups is 1. The standard InChI is InChI=1S/C16H24BrNO3/c1-11(2)18-6-7-20-14(9-18)10-21-16-8-13(17)4-5-15(16)12(3)19/h4-5,8,11-12,14,19H,6-7,9-10H2,1-3H3/t12-,14?/m0/s1. The maximum absolute atomic E-state index is 9.81. The molecule has 1 saturated heterocycles. The molecule has 1 aromatic carbocycles. The van der Waals surface area contributed by atoms with Crippen LogP contribution in [0.2, 0.25) is 0 Å². The number of nitrogens with zero attached hydrogens (tertiary/aromatic N) is 1. The molecule has 5 heteroatoms. The minimum Gasteiger partial charge on any atom is -0.490 e. The van der Waals surface area contributed by atoms with Crippen molar-refractivity contribution >= 4 is 15.9 Å². The van der Waals surface area contributed by atoms with Crippen LogP contribution in [0.1, 0.15) is 32.4 Å². The topological polar surface area (TPSA) is 41.9 Å². The summed E-state index contributed by atoms with van der Waals surface area (Å²) in [5.74, 6) is 0.713. The number of aliphatic hydroxyl groups excluding tert-OH is 1. The van der Waals surface area contributed by atoms with Crippen molar-refractivity contribution in [1.82, 2.24) is 4.90 Å². The first-order valence-corrected chi connectivity index (χ1v) is 8.22. The summed E-state index contributed by atoms with van der Waals surface area (Å²) in [4.78, 5) is 2.40. The van der Waals surface area contributed by atoms with E-state index in [2.05, 4.69) is 34.7 Å². The van der Waals surface area contributed by atoms with Crippen LogP contribution in [-0.4, -0.2) is 48.5 Å². The molecule has 2 rings (SSSR count). The molecule has 1 aliphatic rings. The van der Waals surface area contributed by atoms with Crippen LogP contribution in [0.4, 0.5) is 0 Å². The van der Waals surface area contributed by atoms with Gasteiger partial charge in [0.25, 0.3) is 0 Å². The third-order valence-electron chi connectivity index (χ3n) is 3.75. The van der Waals surface area contributed by atoms with Crippen LogP contribution in [0.3, 0.4) is 0 Å². The molecule has 21 heavy (non-hydrogen) atoms. The van der Waals surface area contributed by atoms with Crippen LogP contribution >= 0.6 is 15.9 Å². The highest BCUT2D eigenvalue weighted by Gasteiger charge is 2.23. The predicted octanol–water partition coefficient (Wildman–Crippen LogP) is 2.99. The van der Waals surface area contributed by atoms with Crippen LogP contribution in [-0.2, 0) is 4.74 Å². The molecule has 4 nitrogen and oxygen atoms in total. The molecule has 1 unspecified atom stereocenters. The van der Waals surface area contributed by atoms with Gasteiger partial charge in [-0.3, -0.25) is 4.90 Å². The lowest BCUT2D eigenvalue weighted by Gasteiger charge is -2.35. The zero-order chi connectivity index (χ0) is 15.4. The molecule has 1 N–H and O–H groups in total. The van der Waals surface area contributed by atoms with Crippen molar-refractivity contribution in [3.05, 3.63) is 28.2 Å². The van der Waals surface area contributed by atoms with E-state index in [9.17, 15) is 5.11 Å². The lowest BCUT2D eigenvalue weighted by atomic mass is 10.1. The number of halogens is 1. The molecule has 0 spiro atoms. The van der Waals surface area contributed by atoms with Gasteiger partial charge >= 0.3 is 0 Å². The van der Waals surface area contributed by atoms with Crippen LogP contribution in [0, 0.1) is 0 Å². The van der Waals surface area contributed by atoms with Crippen molar-refractivity contribution in [2.45, 2.75) is 39.0 Å². The predicted molar refractivity (Wildman–Crippen MR) is 86.7 cm³/mol. The van der Waals surface area contributed by atoms with E-state index in [0.29, 0.717) is 18.4 Å². The third-order valence-corrected chi connectivity index (χ3v) is 4.24. The Kier molecular flexibility index (Phi) is 6.05. The lowest BCUT2D eigenvalue weighted by Crippen LogP contribution is -2.47. The smallest absolute Gasteiger partial charge is 0.126 e. The van der Waals surface area contributed by atoms with Gasteiger partial charge in [0.2, 0.25) is 0 Å². The summed E-state index contributed by atoms with van der Waals surface area (Å²) < 4.78 is 12.6. The highest BCUT2D eigenvalue weighted by Crippen LogP contribution is 2.29. The molecule has 1 aromatic rings. The molecule has 118 valence electrons. The Morgan fingerprint density at radius 2 is 2.19 bits per heavy atom. The van der Waals surface area contributed by atoms with Crippen LogP contribution in [0.5, 0.6) is 5.75 Å². The molecule has 1 aliphatic heterocycles. The first kappa shape index (κ1) is 16.7. The highest BCUT2D eigenvalue weighted by molar-refractivity contribution is 9.10. The normalized spacial score (nSPS) is 21.5. The molecular formula is C16H24BrNO3. The zero-order valence-electron chi connectivity index (χ0n) is 12.9. The number of rotatable bonds is 5. The number of benzene rings is 1. The van der Waals surface area contributed by atoms with Gasteiger partial charge in [-0.05, 0) is 32.9 Å². The monoisotopic (exact) mass is 357 g/mol. The molecule has 2 atom stereocenters. The van der Waals surface area contributed by atoms with Crippen LogP contribution in [0.25, 0.3) is 0 Å². The Morgan fingerprint density at radius 3 is 2.86 bits per heavy atom. The fourth-order valence-electron chi connectivity index (χ4n) is 2.47. The first-order chi connectivity index (χ1) is 9.97. The molecule has 1 fully saturated rings. The minimum absolute atomic E-state index is 0.0713. The van der Waals surface area contributed by atoms with Crippen molar-refractivity contribution in [2.24, 2.45) is 0 Å². The first-order valence-electron chi connectivity index (χ1n) is 7.43. The second-order valence-corrected chi connectivity index (χ2v) is 6.67. The van der Waals surface area contributed by atoms with Gasteiger partial charge in [-0.25, -0.2) is 0 Å². The van der Waals surface area contributed by atoms with E-state index in [-0.39, 0.29) is 6.10 Å². The van der Waals surface area contributed by atoms with Gasteiger partial charge in [-0.2, -0.15) is 0 Å². The molecule has 0 saturated carbocycles. The SMILES string of the molecule is CC(C)N1CCOC(COc2cc(Br)ccc2[C@H](C)O)C1. The Hall–Kier alpha value is -0.620. The second-order valence-electron chi connectivity index (χ2n) is 5.75. The van der Waals surface area contributed by atoms with E-state index in [1.807, 2.05) is 18.2 Å². The number of ether oxygens (including phenoxy) is 2. The number of hydrogen-bond donors (Lipinski definition) is 1. The van der Waals surface area contributed by atoms with E-state index in [1.54, 1.807) is 6.92 Å². The fraction of sp³-hybridized carbons (Fsp3) is 0.625. The van der Waals surface area contributed by atoms with Gasteiger partial charge in [-0.15, -0.1) is 0 Å². The van der Waals surface area contributed by atoms with Gasteiger partial charge in [0.1, 0.15) is 18.5 Å². The van der Waals surface area contributed by atoms with Crippen molar-refractivity contribution in [2.75, 3.05) is 26.3 Å². The summed E-state index contributed by atoms with van der Waals surface area (Å²) >= 11 is 3.44. The molecule has 0 bridgehead atoms.